The van der Waals surface area contributed by atoms with E-state index < -0.39 is 0 Å². The van der Waals surface area contributed by atoms with Gasteiger partial charge in [-0.3, -0.25) is 9.88 Å². The summed E-state index contributed by atoms with van der Waals surface area (Å²) in [6.45, 7) is 3.38. The molecule has 1 aromatic heterocycles. The molecule has 4 nitrogen and oxygen atoms in total. The summed E-state index contributed by atoms with van der Waals surface area (Å²) in [5.74, 6) is 0.808. The predicted molar refractivity (Wildman–Crippen MR) is 86.5 cm³/mol. The Bertz CT molecular complexity index is 622. The van der Waals surface area contributed by atoms with Crippen molar-refractivity contribution in [3.8, 4) is 11.8 Å². The summed E-state index contributed by atoms with van der Waals surface area (Å²) in [4.78, 5) is 6.08. The van der Waals surface area contributed by atoms with Gasteiger partial charge in [0.15, 0.2) is 0 Å². The first kappa shape index (κ1) is 16.0. The molecule has 0 radical (unpaired) electrons. The van der Waals surface area contributed by atoms with Gasteiger partial charge in [0.25, 0.3) is 0 Å². The summed E-state index contributed by atoms with van der Waals surface area (Å²) in [6, 6.07) is 13.9. The molecule has 0 aliphatic heterocycles. The van der Waals surface area contributed by atoms with Crippen molar-refractivity contribution in [2.75, 3.05) is 20.2 Å². The maximum absolute atomic E-state index is 9.53. The fraction of sp³-hybridized carbons (Fsp3) is 0.333. The number of ether oxygens (including phenoxy) is 1. The highest BCUT2D eigenvalue weighted by atomic mass is 16.5. The lowest BCUT2D eigenvalue weighted by Gasteiger charge is -2.23. The number of nitrogens with zero attached hydrogens (tertiary/aromatic N) is 3. The quantitative estimate of drug-likeness (QED) is 0.787. The smallest absolute Gasteiger partial charge is 0.123 e. The molecule has 0 amide bonds. The third-order valence-corrected chi connectivity index (χ3v) is 3.55. The molecule has 0 bridgehead atoms. The van der Waals surface area contributed by atoms with E-state index in [1.54, 1.807) is 12.4 Å². The second kappa shape index (κ2) is 8.16. The van der Waals surface area contributed by atoms with Gasteiger partial charge in [-0.25, -0.2) is 0 Å². The Morgan fingerprint density at radius 2 is 2.05 bits per heavy atom. The van der Waals surface area contributed by atoms with Crippen LogP contribution in [-0.4, -0.2) is 30.1 Å². The van der Waals surface area contributed by atoms with E-state index in [-0.39, 0.29) is 6.04 Å². The number of pyridine rings is 1. The molecular weight excluding hydrogens is 274 g/mol. The Kier molecular flexibility index (Phi) is 5.93. The molecule has 22 heavy (non-hydrogen) atoms. The molecule has 0 saturated heterocycles. The number of nitriles is 1. The molecule has 114 valence electrons. The van der Waals surface area contributed by atoms with E-state index in [2.05, 4.69) is 16.0 Å². The van der Waals surface area contributed by atoms with Gasteiger partial charge in [0.2, 0.25) is 0 Å². The van der Waals surface area contributed by atoms with Gasteiger partial charge in [-0.15, -0.1) is 0 Å². The summed E-state index contributed by atoms with van der Waals surface area (Å²) in [5.41, 5.74) is 2.19. The van der Waals surface area contributed by atoms with E-state index in [4.69, 9.17) is 4.74 Å². The Balaban J connectivity index is 2.04. The van der Waals surface area contributed by atoms with Crippen LogP contribution >= 0.6 is 0 Å². The summed E-state index contributed by atoms with van der Waals surface area (Å²) in [5, 5.41) is 9.53. The molecule has 0 aliphatic rings. The SMILES string of the molecule is CCOc1cccc(C(C#N)N(C)CCc2ccncc2)c1. The first-order chi connectivity index (χ1) is 10.7. The maximum Gasteiger partial charge on any atom is 0.123 e. The number of rotatable bonds is 7. The largest absolute Gasteiger partial charge is 0.494 e. The number of hydrogen-bond donors (Lipinski definition) is 0. The monoisotopic (exact) mass is 295 g/mol. The zero-order valence-electron chi connectivity index (χ0n) is 13.1. The summed E-state index contributed by atoms with van der Waals surface area (Å²) in [6.07, 6.45) is 4.48. The molecule has 1 unspecified atom stereocenters. The van der Waals surface area contributed by atoms with Gasteiger partial charge in [-0.2, -0.15) is 5.26 Å². The van der Waals surface area contributed by atoms with E-state index >= 15 is 0 Å². The van der Waals surface area contributed by atoms with Crippen molar-refractivity contribution < 1.29 is 4.74 Å². The first-order valence-electron chi connectivity index (χ1n) is 7.46. The first-order valence-corrected chi connectivity index (χ1v) is 7.46. The summed E-state index contributed by atoms with van der Waals surface area (Å²) < 4.78 is 5.52. The van der Waals surface area contributed by atoms with Gasteiger partial charge in [0, 0.05) is 18.9 Å². The zero-order valence-corrected chi connectivity index (χ0v) is 13.1. The van der Waals surface area contributed by atoms with Crippen LogP contribution in [0.15, 0.2) is 48.8 Å². The highest BCUT2D eigenvalue weighted by molar-refractivity contribution is 5.33. The van der Waals surface area contributed by atoms with E-state index in [1.165, 1.54) is 5.56 Å². The average Bonchev–Trinajstić information content (AvgIpc) is 2.55. The lowest BCUT2D eigenvalue weighted by atomic mass is 10.1. The van der Waals surface area contributed by atoms with E-state index in [0.717, 1.165) is 24.3 Å². The van der Waals surface area contributed by atoms with Crippen LogP contribution in [0.5, 0.6) is 5.75 Å². The summed E-state index contributed by atoms with van der Waals surface area (Å²) >= 11 is 0. The van der Waals surface area contributed by atoms with Crippen molar-refractivity contribution in [1.29, 1.82) is 5.26 Å². The Morgan fingerprint density at radius 3 is 2.73 bits per heavy atom. The number of aromatic nitrogens is 1. The predicted octanol–water partition coefficient (Wildman–Crippen LogP) is 3.22. The standard InChI is InChI=1S/C18H21N3O/c1-3-22-17-6-4-5-16(13-17)18(14-19)21(2)12-9-15-7-10-20-11-8-15/h4-8,10-11,13,18H,3,9,12H2,1-2H3. The van der Waals surface area contributed by atoms with Crippen LogP contribution in [0.25, 0.3) is 0 Å². The van der Waals surface area contributed by atoms with Crippen LogP contribution in [0.1, 0.15) is 24.1 Å². The third-order valence-electron chi connectivity index (χ3n) is 3.55. The van der Waals surface area contributed by atoms with Crippen LogP contribution in [-0.2, 0) is 6.42 Å². The molecule has 2 aromatic rings. The van der Waals surface area contributed by atoms with Gasteiger partial charge in [0.1, 0.15) is 11.8 Å². The minimum Gasteiger partial charge on any atom is -0.494 e. The van der Waals surface area contributed by atoms with E-state index in [0.29, 0.717) is 6.61 Å². The fourth-order valence-corrected chi connectivity index (χ4v) is 2.35. The van der Waals surface area contributed by atoms with Crippen LogP contribution in [0.4, 0.5) is 0 Å². The molecule has 0 fully saturated rings. The number of likely N-dealkylation sites (N-methyl/N-ethyl adjacent to an activating group) is 1. The fourth-order valence-electron chi connectivity index (χ4n) is 2.35. The van der Waals surface area contributed by atoms with E-state index in [9.17, 15) is 5.26 Å². The van der Waals surface area contributed by atoms with Crippen LogP contribution in [0, 0.1) is 11.3 Å². The van der Waals surface area contributed by atoms with Crippen molar-refractivity contribution in [2.24, 2.45) is 0 Å². The molecular formula is C18H21N3O. The molecule has 0 spiro atoms. The van der Waals surface area contributed by atoms with Crippen LogP contribution < -0.4 is 4.74 Å². The molecule has 1 aromatic carbocycles. The Labute approximate surface area is 132 Å². The van der Waals surface area contributed by atoms with Crippen molar-refractivity contribution >= 4 is 0 Å². The number of benzene rings is 1. The highest BCUT2D eigenvalue weighted by Crippen LogP contribution is 2.23. The van der Waals surface area contributed by atoms with Gasteiger partial charge in [-0.1, -0.05) is 12.1 Å². The molecule has 1 heterocycles. The lowest BCUT2D eigenvalue weighted by Crippen LogP contribution is -2.26. The summed E-state index contributed by atoms with van der Waals surface area (Å²) in [7, 11) is 1.97. The molecule has 0 aliphatic carbocycles. The normalized spacial score (nSPS) is 11.9. The second-order valence-electron chi connectivity index (χ2n) is 5.12. The van der Waals surface area contributed by atoms with Crippen LogP contribution in [0.2, 0.25) is 0 Å². The van der Waals surface area contributed by atoms with E-state index in [1.807, 2.05) is 50.4 Å². The molecule has 0 N–H and O–H groups in total. The van der Waals surface area contributed by atoms with Gasteiger partial charge >= 0.3 is 0 Å². The molecule has 4 heteroatoms. The van der Waals surface area contributed by atoms with Crippen molar-refractivity contribution in [2.45, 2.75) is 19.4 Å². The molecule has 2 rings (SSSR count). The van der Waals surface area contributed by atoms with Crippen molar-refractivity contribution in [3.63, 3.8) is 0 Å². The van der Waals surface area contributed by atoms with Gasteiger partial charge < -0.3 is 4.74 Å². The van der Waals surface area contributed by atoms with Gasteiger partial charge in [0.05, 0.1) is 12.7 Å². The lowest BCUT2D eigenvalue weighted by molar-refractivity contribution is 0.293. The topological polar surface area (TPSA) is 49.1 Å². The minimum atomic E-state index is -0.276. The average molecular weight is 295 g/mol. The van der Waals surface area contributed by atoms with Crippen LogP contribution in [0.3, 0.4) is 0 Å². The van der Waals surface area contributed by atoms with Crippen molar-refractivity contribution in [1.82, 2.24) is 9.88 Å². The third kappa shape index (κ3) is 4.31. The highest BCUT2D eigenvalue weighted by Gasteiger charge is 2.16. The minimum absolute atomic E-state index is 0.276. The Hall–Kier alpha value is -2.38. The molecule has 1 atom stereocenters. The van der Waals surface area contributed by atoms with Crippen molar-refractivity contribution in [3.05, 3.63) is 59.9 Å². The zero-order chi connectivity index (χ0) is 15.8. The van der Waals surface area contributed by atoms with Gasteiger partial charge in [-0.05, 0) is 55.8 Å². The number of hydrogen-bond acceptors (Lipinski definition) is 4. The molecule has 0 saturated carbocycles. The Morgan fingerprint density at radius 1 is 1.27 bits per heavy atom. The maximum atomic E-state index is 9.53. The second-order valence-corrected chi connectivity index (χ2v) is 5.12.